The minimum Gasteiger partial charge on any atom is -0.422 e. The second kappa shape index (κ2) is 6.06. The summed E-state index contributed by atoms with van der Waals surface area (Å²) in [5, 5.41) is 0. The number of esters is 1. The molecule has 0 spiro atoms. The molecule has 0 amide bonds. The molecule has 1 aliphatic rings. The average Bonchev–Trinajstić information content (AvgIpc) is 2.86. The van der Waals surface area contributed by atoms with Crippen LogP contribution in [0.15, 0.2) is 48.5 Å². The SMILES string of the molecule is CCN(CC)c1ccc(C=C2C(=O)Oc3ccccc32)cc1. The topological polar surface area (TPSA) is 29.5 Å². The summed E-state index contributed by atoms with van der Waals surface area (Å²) in [4.78, 5) is 14.3. The Morgan fingerprint density at radius 2 is 1.68 bits per heavy atom. The number of carbonyl (C=O) groups is 1. The maximum Gasteiger partial charge on any atom is 0.344 e. The Morgan fingerprint density at radius 3 is 2.36 bits per heavy atom. The number of carbonyl (C=O) groups excluding carboxylic acids is 1. The van der Waals surface area contributed by atoms with Crippen LogP contribution in [0.3, 0.4) is 0 Å². The van der Waals surface area contributed by atoms with Crippen LogP contribution in [-0.2, 0) is 4.79 Å². The molecule has 0 saturated carbocycles. The normalized spacial score (nSPS) is 14.8. The van der Waals surface area contributed by atoms with Gasteiger partial charge in [0, 0.05) is 24.3 Å². The highest BCUT2D eigenvalue weighted by molar-refractivity contribution is 6.25. The van der Waals surface area contributed by atoms with Crippen LogP contribution in [0.2, 0.25) is 0 Å². The number of para-hydroxylation sites is 1. The average molecular weight is 293 g/mol. The van der Waals surface area contributed by atoms with Gasteiger partial charge in [0.05, 0.1) is 5.57 Å². The van der Waals surface area contributed by atoms with E-state index in [2.05, 4.69) is 30.9 Å². The zero-order valence-corrected chi connectivity index (χ0v) is 12.9. The Kier molecular flexibility index (Phi) is 3.96. The molecule has 0 bridgehead atoms. The summed E-state index contributed by atoms with van der Waals surface area (Å²) in [5.41, 5.74) is 3.67. The maximum atomic E-state index is 12.0. The van der Waals surface area contributed by atoms with Gasteiger partial charge in [0.1, 0.15) is 5.75 Å². The van der Waals surface area contributed by atoms with E-state index < -0.39 is 0 Å². The van der Waals surface area contributed by atoms with E-state index in [9.17, 15) is 4.79 Å². The van der Waals surface area contributed by atoms with Crippen molar-refractivity contribution in [2.75, 3.05) is 18.0 Å². The van der Waals surface area contributed by atoms with E-state index in [1.807, 2.05) is 42.5 Å². The van der Waals surface area contributed by atoms with Gasteiger partial charge >= 0.3 is 5.97 Å². The number of ether oxygens (including phenoxy) is 1. The quantitative estimate of drug-likeness (QED) is 0.485. The summed E-state index contributed by atoms with van der Waals surface area (Å²) in [7, 11) is 0. The molecule has 0 aliphatic carbocycles. The van der Waals surface area contributed by atoms with Gasteiger partial charge in [0.25, 0.3) is 0 Å². The van der Waals surface area contributed by atoms with Crippen molar-refractivity contribution in [3.8, 4) is 5.75 Å². The first-order valence-corrected chi connectivity index (χ1v) is 7.61. The van der Waals surface area contributed by atoms with Gasteiger partial charge in [-0.05, 0) is 43.7 Å². The smallest absolute Gasteiger partial charge is 0.344 e. The van der Waals surface area contributed by atoms with Crippen molar-refractivity contribution in [2.24, 2.45) is 0 Å². The molecule has 1 aliphatic heterocycles. The second-order valence-electron chi connectivity index (χ2n) is 5.21. The molecule has 0 atom stereocenters. The predicted molar refractivity (Wildman–Crippen MR) is 90.0 cm³/mol. The minimum atomic E-state index is -0.283. The molecule has 1 heterocycles. The first kappa shape index (κ1) is 14.4. The summed E-state index contributed by atoms with van der Waals surface area (Å²) in [6.07, 6.45) is 1.89. The first-order chi connectivity index (χ1) is 10.7. The van der Waals surface area contributed by atoms with Gasteiger partial charge in [-0.2, -0.15) is 0 Å². The first-order valence-electron chi connectivity index (χ1n) is 7.61. The highest BCUT2D eigenvalue weighted by Crippen LogP contribution is 2.35. The van der Waals surface area contributed by atoms with Crippen LogP contribution in [0, 0.1) is 0 Å². The Hall–Kier alpha value is -2.55. The number of hydrogen-bond acceptors (Lipinski definition) is 3. The van der Waals surface area contributed by atoms with E-state index in [1.165, 1.54) is 5.69 Å². The van der Waals surface area contributed by atoms with Gasteiger partial charge in [0.15, 0.2) is 0 Å². The predicted octanol–water partition coefficient (Wildman–Crippen LogP) is 3.99. The van der Waals surface area contributed by atoms with E-state index in [-0.39, 0.29) is 5.97 Å². The monoisotopic (exact) mass is 293 g/mol. The van der Waals surface area contributed by atoms with Crippen molar-refractivity contribution in [3.63, 3.8) is 0 Å². The summed E-state index contributed by atoms with van der Waals surface area (Å²) in [6, 6.07) is 15.8. The highest BCUT2D eigenvalue weighted by Gasteiger charge is 2.25. The number of hydrogen-bond donors (Lipinski definition) is 0. The van der Waals surface area contributed by atoms with E-state index in [0.717, 1.165) is 24.2 Å². The van der Waals surface area contributed by atoms with E-state index in [1.54, 1.807) is 0 Å². The highest BCUT2D eigenvalue weighted by atomic mass is 16.5. The molecule has 0 saturated heterocycles. The molecule has 0 unspecified atom stereocenters. The van der Waals surface area contributed by atoms with Crippen LogP contribution in [-0.4, -0.2) is 19.1 Å². The molecule has 112 valence electrons. The maximum absolute atomic E-state index is 12.0. The van der Waals surface area contributed by atoms with Crippen molar-refractivity contribution < 1.29 is 9.53 Å². The van der Waals surface area contributed by atoms with Gasteiger partial charge in [-0.3, -0.25) is 0 Å². The fourth-order valence-electron chi connectivity index (χ4n) is 2.72. The lowest BCUT2D eigenvalue weighted by Crippen LogP contribution is -2.21. The van der Waals surface area contributed by atoms with Crippen LogP contribution >= 0.6 is 0 Å². The molecule has 3 heteroatoms. The fraction of sp³-hybridized carbons (Fsp3) is 0.211. The number of anilines is 1. The lowest BCUT2D eigenvalue weighted by molar-refractivity contribution is -0.126. The Balaban J connectivity index is 1.91. The van der Waals surface area contributed by atoms with Crippen LogP contribution < -0.4 is 9.64 Å². The second-order valence-corrected chi connectivity index (χ2v) is 5.21. The van der Waals surface area contributed by atoms with Gasteiger partial charge < -0.3 is 9.64 Å². The summed E-state index contributed by atoms with van der Waals surface area (Å²) in [5.74, 6) is 0.354. The standard InChI is InChI=1S/C19H19NO2/c1-3-20(4-2)15-11-9-14(10-12-15)13-17-16-7-5-6-8-18(16)22-19(17)21/h5-13H,3-4H2,1-2H3. The number of fused-ring (bicyclic) bond motifs is 1. The van der Waals surface area contributed by atoms with Crippen molar-refractivity contribution >= 4 is 23.3 Å². The third-order valence-corrected chi connectivity index (χ3v) is 3.93. The van der Waals surface area contributed by atoms with E-state index in [4.69, 9.17) is 4.74 Å². The fourth-order valence-corrected chi connectivity index (χ4v) is 2.72. The number of rotatable bonds is 4. The van der Waals surface area contributed by atoms with Crippen LogP contribution in [0.1, 0.15) is 25.0 Å². The van der Waals surface area contributed by atoms with E-state index in [0.29, 0.717) is 11.3 Å². The van der Waals surface area contributed by atoms with Crippen LogP contribution in [0.5, 0.6) is 5.75 Å². The summed E-state index contributed by atoms with van der Waals surface area (Å²) < 4.78 is 5.27. The Labute approximate surface area is 130 Å². The van der Waals surface area contributed by atoms with Gasteiger partial charge in [-0.25, -0.2) is 4.79 Å². The van der Waals surface area contributed by atoms with Crippen molar-refractivity contribution in [3.05, 3.63) is 59.7 Å². The largest absolute Gasteiger partial charge is 0.422 e. The van der Waals surface area contributed by atoms with Crippen molar-refractivity contribution in [1.29, 1.82) is 0 Å². The Bertz CT molecular complexity index is 712. The number of benzene rings is 2. The molecule has 3 rings (SSSR count). The van der Waals surface area contributed by atoms with Gasteiger partial charge in [0.2, 0.25) is 0 Å². The minimum absolute atomic E-state index is 0.283. The van der Waals surface area contributed by atoms with Crippen LogP contribution in [0.25, 0.3) is 11.6 Å². The molecule has 0 aromatic heterocycles. The zero-order chi connectivity index (χ0) is 15.5. The molecular weight excluding hydrogens is 274 g/mol. The number of nitrogens with zero attached hydrogens (tertiary/aromatic N) is 1. The summed E-state index contributed by atoms with van der Waals surface area (Å²) >= 11 is 0. The Morgan fingerprint density at radius 1 is 1.00 bits per heavy atom. The third-order valence-electron chi connectivity index (χ3n) is 3.93. The lowest BCUT2D eigenvalue weighted by Gasteiger charge is -2.20. The molecule has 2 aromatic carbocycles. The van der Waals surface area contributed by atoms with Gasteiger partial charge in [-0.15, -0.1) is 0 Å². The molecule has 22 heavy (non-hydrogen) atoms. The molecule has 0 N–H and O–H groups in total. The molecule has 0 fully saturated rings. The summed E-state index contributed by atoms with van der Waals surface area (Å²) in [6.45, 7) is 6.25. The molecule has 3 nitrogen and oxygen atoms in total. The van der Waals surface area contributed by atoms with Gasteiger partial charge in [-0.1, -0.05) is 30.3 Å². The van der Waals surface area contributed by atoms with Crippen LogP contribution in [0.4, 0.5) is 5.69 Å². The zero-order valence-electron chi connectivity index (χ0n) is 12.9. The molecule has 0 radical (unpaired) electrons. The van der Waals surface area contributed by atoms with Crippen molar-refractivity contribution in [1.82, 2.24) is 0 Å². The molecular formula is C19H19NO2. The molecule has 2 aromatic rings. The lowest BCUT2D eigenvalue weighted by atomic mass is 10.0. The van der Waals surface area contributed by atoms with E-state index >= 15 is 0 Å². The van der Waals surface area contributed by atoms with Crippen molar-refractivity contribution in [2.45, 2.75) is 13.8 Å². The third kappa shape index (κ3) is 2.62.